The number of anilines is 1. The zero-order valence-corrected chi connectivity index (χ0v) is 13.4. The van der Waals surface area contributed by atoms with Crippen LogP contribution in [-0.2, 0) is 6.18 Å². The van der Waals surface area contributed by atoms with Crippen molar-refractivity contribution in [2.45, 2.75) is 13.1 Å². The third kappa shape index (κ3) is 5.03. The van der Waals surface area contributed by atoms with E-state index in [0.29, 0.717) is 0 Å². The molecule has 0 saturated carbocycles. The van der Waals surface area contributed by atoms with Gasteiger partial charge in [-0.15, -0.1) is 0 Å². The van der Waals surface area contributed by atoms with E-state index in [9.17, 15) is 18.0 Å². The number of hydrogen-bond donors (Lipinski definition) is 2. The van der Waals surface area contributed by atoms with E-state index < -0.39 is 17.8 Å². The molecule has 24 heavy (non-hydrogen) atoms. The summed E-state index contributed by atoms with van der Waals surface area (Å²) in [5.41, 5.74) is 0.538. The molecular formula is C17H14ClF3N2O. The first kappa shape index (κ1) is 17.9. The molecule has 0 saturated heterocycles. The fraction of sp³-hybridized carbons (Fsp3) is 0.118. The molecule has 0 aliphatic carbocycles. The summed E-state index contributed by atoms with van der Waals surface area (Å²) in [5.74, 6) is 0. The fourth-order valence-corrected chi connectivity index (χ4v) is 2.18. The van der Waals surface area contributed by atoms with Crippen molar-refractivity contribution in [3.8, 4) is 0 Å². The van der Waals surface area contributed by atoms with Gasteiger partial charge < -0.3 is 10.6 Å². The molecular weight excluding hydrogens is 341 g/mol. The highest BCUT2D eigenvalue weighted by Crippen LogP contribution is 2.36. The summed E-state index contributed by atoms with van der Waals surface area (Å²) in [6.07, 6.45) is -1.63. The Labute approximate surface area is 142 Å². The molecule has 0 atom stereocenters. The maximum Gasteiger partial charge on any atom is 0.418 e. The van der Waals surface area contributed by atoms with Crippen molar-refractivity contribution in [1.29, 1.82) is 0 Å². The van der Waals surface area contributed by atoms with E-state index in [2.05, 4.69) is 10.6 Å². The molecule has 0 fully saturated rings. The quantitative estimate of drug-likeness (QED) is 0.755. The molecule has 2 aromatic carbocycles. The molecule has 0 aromatic heterocycles. The van der Waals surface area contributed by atoms with Crippen molar-refractivity contribution in [2.75, 3.05) is 5.32 Å². The summed E-state index contributed by atoms with van der Waals surface area (Å²) >= 11 is 5.58. The van der Waals surface area contributed by atoms with Gasteiger partial charge in [-0.05, 0) is 36.8 Å². The van der Waals surface area contributed by atoms with Crippen molar-refractivity contribution in [2.24, 2.45) is 0 Å². The number of halogens is 4. The number of hydrogen-bond acceptors (Lipinski definition) is 1. The van der Waals surface area contributed by atoms with Crippen LogP contribution in [-0.4, -0.2) is 6.03 Å². The second-order valence-corrected chi connectivity index (χ2v) is 5.47. The standard InChI is InChI=1S/C17H14ClF3N2O/c1-11-3-2-4-12(9-11)7-8-22-16(24)23-15-6-5-13(18)10-14(15)17(19,20)21/h2-10H,1H3,(H2,22,23,24)/b8-7+. The number of alkyl halides is 3. The van der Waals surface area contributed by atoms with Gasteiger partial charge in [0.05, 0.1) is 11.3 Å². The van der Waals surface area contributed by atoms with E-state index in [-0.39, 0.29) is 10.7 Å². The average molecular weight is 355 g/mol. The topological polar surface area (TPSA) is 41.1 Å². The van der Waals surface area contributed by atoms with Crippen LogP contribution in [0.15, 0.2) is 48.7 Å². The largest absolute Gasteiger partial charge is 0.418 e. The summed E-state index contributed by atoms with van der Waals surface area (Å²) in [6.45, 7) is 1.93. The monoisotopic (exact) mass is 354 g/mol. The molecule has 2 aromatic rings. The summed E-state index contributed by atoms with van der Waals surface area (Å²) < 4.78 is 38.8. The molecule has 2 rings (SSSR count). The molecule has 0 aliphatic rings. The van der Waals surface area contributed by atoms with Crippen LogP contribution in [0.1, 0.15) is 16.7 Å². The highest BCUT2D eigenvalue weighted by molar-refractivity contribution is 6.30. The van der Waals surface area contributed by atoms with Gasteiger partial charge in [-0.1, -0.05) is 41.4 Å². The van der Waals surface area contributed by atoms with Gasteiger partial charge in [0.2, 0.25) is 0 Å². The number of carbonyl (C=O) groups is 1. The molecule has 0 heterocycles. The van der Waals surface area contributed by atoms with Gasteiger partial charge in [-0.3, -0.25) is 0 Å². The van der Waals surface area contributed by atoms with Crippen molar-refractivity contribution in [3.05, 3.63) is 70.4 Å². The zero-order chi connectivity index (χ0) is 17.7. The predicted octanol–water partition coefficient (Wildman–Crippen LogP) is 5.46. The normalized spacial score (nSPS) is 11.5. The van der Waals surface area contributed by atoms with Crippen molar-refractivity contribution in [3.63, 3.8) is 0 Å². The number of nitrogens with one attached hydrogen (secondary N) is 2. The zero-order valence-electron chi connectivity index (χ0n) is 12.6. The molecule has 0 radical (unpaired) electrons. The lowest BCUT2D eigenvalue weighted by molar-refractivity contribution is -0.136. The Morgan fingerprint density at radius 1 is 1.17 bits per heavy atom. The Kier molecular flexibility index (Phi) is 5.51. The van der Waals surface area contributed by atoms with Gasteiger partial charge in [0.1, 0.15) is 0 Å². The molecule has 2 amide bonds. The van der Waals surface area contributed by atoms with Crippen molar-refractivity contribution >= 4 is 29.4 Å². The summed E-state index contributed by atoms with van der Waals surface area (Å²) in [6, 6.07) is 9.88. The fourth-order valence-electron chi connectivity index (χ4n) is 2.01. The van der Waals surface area contributed by atoms with Gasteiger partial charge in [0.25, 0.3) is 0 Å². The molecule has 126 valence electrons. The maximum absolute atomic E-state index is 12.9. The average Bonchev–Trinajstić information content (AvgIpc) is 2.48. The Morgan fingerprint density at radius 3 is 2.58 bits per heavy atom. The summed E-state index contributed by atoms with van der Waals surface area (Å²) in [4.78, 5) is 11.8. The first-order chi connectivity index (χ1) is 11.3. The second-order valence-electron chi connectivity index (χ2n) is 5.03. The van der Waals surface area contributed by atoms with Crippen LogP contribution < -0.4 is 10.6 Å². The van der Waals surface area contributed by atoms with E-state index in [0.717, 1.165) is 23.3 Å². The van der Waals surface area contributed by atoms with Crippen LogP contribution in [0.3, 0.4) is 0 Å². The molecule has 3 nitrogen and oxygen atoms in total. The number of benzene rings is 2. The first-order valence-corrected chi connectivity index (χ1v) is 7.31. The van der Waals surface area contributed by atoms with Crippen LogP contribution in [0.5, 0.6) is 0 Å². The lowest BCUT2D eigenvalue weighted by Gasteiger charge is -2.13. The van der Waals surface area contributed by atoms with Gasteiger partial charge in [-0.2, -0.15) is 13.2 Å². The van der Waals surface area contributed by atoms with Crippen LogP contribution >= 0.6 is 11.6 Å². The van der Waals surface area contributed by atoms with E-state index >= 15 is 0 Å². The minimum absolute atomic E-state index is 0.0624. The van der Waals surface area contributed by atoms with Gasteiger partial charge >= 0.3 is 12.2 Å². The Bertz CT molecular complexity index is 773. The van der Waals surface area contributed by atoms with Crippen LogP contribution in [0, 0.1) is 6.92 Å². The number of aryl methyl sites for hydroxylation is 1. The number of carbonyl (C=O) groups excluding carboxylic acids is 1. The van der Waals surface area contributed by atoms with Gasteiger partial charge in [0.15, 0.2) is 0 Å². The van der Waals surface area contributed by atoms with Crippen LogP contribution in [0.4, 0.5) is 23.7 Å². The van der Waals surface area contributed by atoms with Crippen LogP contribution in [0.25, 0.3) is 6.08 Å². The SMILES string of the molecule is Cc1cccc(/C=C/NC(=O)Nc2ccc(Cl)cc2C(F)(F)F)c1. The molecule has 0 bridgehead atoms. The van der Waals surface area contributed by atoms with Crippen LogP contribution in [0.2, 0.25) is 5.02 Å². The Hall–Kier alpha value is -2.47. The molecule has 0 spiro atoms. The van der Waals surface area contributed by atoms with Gasteiger partial charge in [-0.25, -0.2) is 4.79 Å². The van der Waals surface area contributed by atoms with E-state index in [4.69, 9.17) is 11.6 Å². The third-order valence-electron chi connectivity index (χ3n) is 3.07. The number of urea groups is 1. The minimum Gasteiger partial charge on any atom is -0.314 e. The highest BCUT2D eigenvalue weighted by Gasteiger charge is 2.34. The molecule has 7 heteroatoms. The van der Waals surface area contributed by atoms with Gasteiger partial charge in [0, 0.05) is 11.2 Å². The smallest absolute Gasteiger partial charge is 0.314 e. The maximum atomic E-state index is 12.9. The first-order valence-electron chi connectivity index (χ1n) is 6.93. The minimum atomic E-state index is -4.62. The molecule has 2 N–H and O–H groups in total. The highest BCUT2D eigenvalue weighted by atomic mass is 35.5. The number of amides is 2. The predicted molar refractivity (Wildman–Crippen MR) is 88.8 cm³/mol. The summed E-state index contributed by atoms with van der Waals surface area (Å²) in [7, 11) is 0. The Balaban J connectivity index is 2.05. The van der Waals surface area contributed by atoms with Crippen molar-refractivity contribution < 1.29 is 18.0 Å². The number of rotatable bonds is 3. The summed E-state index contributed by atoms with van der Waals surface area (Å²) in [5, 5.41) is 4.46. The molecule has 0 aliphatic heterocycles. The van der Waals surface area contributed by atoms with Crippen molar-refractivity contribution in [1.82, 2.24) is 5.32 Å². The van der Waals surface area contributed by atoms with E-state index in [1.165, 1.54) is 12.3 Å². The Morgan fingerprint density at radius 2 is 1.92 bits per heavy atom. The second kappa shape index (κ2) is 7.40. The third-order valence-corrected chi connectivity index (χ3v) is 3.30. The molecule has 0 unspecified atom stereocenters. The van der Waals surface area contributed by atoms with E-state index in [1.54, 1.807) is 6.08 Å². The lowest BCUT2D eigenvalue weighted by atomic mass is 10.1. The lowest BCUT2D eigenvalue weighted by Crippen LogP contribution is -2.25. The van der Waals surface area contributed by atoms with E-state index in [1.807, 2.05) is 31.2 Å².